The number of benzene rings is 1. The van der Waals surface area contributed by atoms with Crippen LogP contribution >= 0.6 is 24.0 Å². The van der Waals surface area contributed by atoms with Gasteiger partial charge < -0.3 is 19.9 Å². The van der Waals surface area contributed by atoms with Crippen LogP contribution in [0.5, 0.6) is 0 Å². The third kappa shape index (κ3) is 5.23. The van der Waals surface area contributed by atoms with Crippen molar-refractivity contribution < 1.29 is 9.53 Å². The van der Waals surface area contributed by atoms with Crippen LogP contribution in [0.25, 0.3) is 0 Å². The topological polar surface area (TPSA) is 57.2 Å². The number of hydrogen-bond acceptors (Lipinski definition) is 3. The zero-order valence-corrected chi connectivity index (χ0v) is 19.7. The molecule has 7 heteroatoms. The molecule has 0 saturated carbocycles. The lowest BCUT2D eigenvalue weighted by atomic mass is 9.87. The maximum Gasteiger partial charge on any atom is 0.253 e. The van der Waals surface area contributed by atoms with E-state index in [1.807, 2.05) is 36.2 Å². The molecule has 1 unspecified atom stereocenters. The summed E-state index contributed by atoms with van der Waals surface area (Å²) in [7, 11) is 1.85. The van der Waals surface area contributed by atoms with E-state index in [0.29, 0.717) is 12.0 Å². The van der Waals surface area contributed by atoms with E-state index in [-0.39, 0.29) is 29.9 Å². The molecule has 0 aliphatic carbocycles. The van der Waals surface area contributed by atoms with Crippen molar-refractivity contribution in [1.82, 2.24) is 15.1 Å². The van der Waals surface area contributed by atoms with Gasteiger partial charge in [0.15, 0.2) is 5.96 Å². The van der Waals surface area contributed by atoms with Crippen molar-refractivity contribution in [3.63, 3.8) is 0 Å². The average Bonchev–Trinajstić information content (AvgIpc) is 3.39. The lowest BCUT2D eigenvalue weighted by molar-refractivity contribution is 0.0724. The lowest BCUT2D eigenvalue weighted by Crippen LogP contribution is -2.41. The van der Waals surface area contributed by atoms with Gasteiger partial charge in [0.2, 0.25) is 0 Å². The van der Waals surface area contributed by atoms with Crippen LogP contribution in [-0.4, -0.2) is 68.1 Å². The largest absolute Gasteiger partial charge is 0.381 e. The zero-order chi connectivity index (χ0) is 19.4. The van der Waals surface area contributed by atoms with Crippen LogP contribution in [-0.2, 0) is 11.3 Å². The molecule has 3 aliphatic rings. The first-order chi connectivity index (χ1) is 13.7. The Labute approximate surface area is 191 Å². The van der Waals surface area contributed by atoms with Gasteiger partial charge in [-0.2, -0.15) is 0 Å². The number of nitrogens with zero attached hydrogens (tertiary/aromatic N) is 3. The first-order valence-corrected chi connectivity index (χ1v) is 10.6. The van der Waals surface area contributed by atoms with Crippen molar-refractivity contribution in [2.45, 2.75) is 38.6 Å². The van der Waals surface area contributed by atoms with E-state index in [9.17, 15) is 4.79 Å². The molecule has 29 heavy (non-hydrogen) atoms. The monoisotopic (exact) mass is 512 g/mol. The van der Waals surface area contributed by atoms with E-state index in [2.05, 4.69) is 15.2 Å². The molecule has 160 valence electrons. The summed E-state index contributed by atoms with van der Waals surface area (Å²) in [6.45, 7) is 6.32. The highest BCUT2D eigenvalue weighted by Gasteiger charge is 2.42. The second-order valence-electron chi connectivity index (χ2n) is 8.42. The number of carbonyl (C=O) groups is 1. The highest BCUT2D eigenvalue weighted by atomic mass is 127. The molecule has 1 aromatic rings. The Kier molecular flexibility index (Phi) is 7.79. The smallest absolute Gasteiger partial charge is 0.253 e. The van der Waals surface area contributed by atoms with Crippen LogP contribution in [0.4, 0.5) is 0 Å². The van der Waals surface area contributed by atoms with Crippen molar-refractivity contribution >= 4 is 35.8 Å². The van der Waals surface area contributed by atoms with Gasteiger partial charge in [0, 0.05) is 57.4 Å². The van der Waals surface area contributed by atoms with Crippen molar-refractivity contribution in [2.75, 3.05) is 46.4 Å². The minimum Gasteiger partial charge on any atom is -0.381 e. The van der Waals surface area contributed by atoms with Gasteiger partial charge in [0.1, 0.15) is 0 Å². The zero-order valence-electron chi connectivity index (χ0n) is 17.4. The SMILES string of the molecule is CN=C(NCc1ccc(C(=O)N2CCCCC2)cc1)N1CCC2(CCOC2)C1.I. The van der Waals surface area contributed by atoms with Crippen molar-refractivity contribution in [2.24, 2.45) is 10.4 Å². The predicted molar refractivity (Wildman–Crippen MR) is 126 cm³/mol. The summed E-state index contributed by atoms with van der Waals surface area (Å²) in [5, 5.41) is 3.49. The van der Waals surface area contributed by atoms with Crippen molar-refractivity contribution in [3.8, 4) is 0 Å². The Bertz CT molecular complexity index is 710. The number of rotatable bonds is 3. The summed E-state index contributed by atoms with van der Waals surface area (Å²) in [4.78, 5) is 21.4. The minimum atomic E-state index is 0. The summed E-state index contributed by atoms with van der Waals surface area (Å²) < 4.78 is 5.63. The highest BCUT2D eigenvalue weighted by molar-refractivity contribution is 14.0. The standard InChI is InChI=1S/C22H32N4O2.HI/c1-23-21(26-13-9-22(16-26)10-14-28-17-22)24-15-18-5-7-19(8-6-18)20(27)25-11-3-2-4-12-25;/h5-8H,2-4,9-17H2,1H3,(H,23,24);1H. The van der Waals surface area contributed by atoms with Crippen LogP contribution in [0.2, 0.25) is 0 Å². The van der Waals surface area contributed by atoms with E-state index >= 15 is 0 Å². The molecule has 6 nitrogen and oxygen atoms in total. The normalized spacial score (nSPS) is 24.7. The molecule has 0 aromatic heterocycles. The molecule has 1 N–H and O–H groups in total. The van der Waals surface area contributed by atoms with Gasteiger partial charge in [-0.15, -0.1) is 24.0 Å². The highest BCUT2D eigenvalue weighted by Crippen LogP contribution is 2.38. The summed E-state index contributed by atoms with van der Waals surface area (Å²) >= 11 is 0. The van der Waals surface area contributed by atoms with Crippen molar-refractivity contribution in [1.29, 1.82) is 0 Å². The Hall–Kier alpha value is -1.35. The maximum absolute atomic E-state index is 12.6. The van der Waals surface area contributed by atoms with E-state index in [0.717, 1.165) is 75.7 Å². The molecule has 1 spiro atoms. The fourth-order valence-corrected chi connectivity index (χ4v) is 4.65. The number of halogens is 1. The van der Waals surface area contributed by atoms with Gasteiger partial charge >= 0.3 is 0 Å². The van der Waals surface area contributed by atoms with Gasteiger partial charge in [-0.1, -0.05) is 12.1 Å². The van der Waals surface area contributed by atoms with Crippen LogP contribution in [0, 0.1) is 5.41 Å². The molecular weight excluding hydrogens is 479 g/mol. The van der Waals surface area contributed by atoms with Crippen LogP contribution in [0.1, 0.15) is 48.0 Å². The summed E-state index contributed by atoms with van der Waals surface area (Å²) in [5.74, 6) is 1.12. The second-order valence-corrected chi connectivity index (χ2v) is 8.42. The van der Waals surface area contributed by atoms with E-state index in [1.54, 1.807) is 0 Å². The number of hydrogen-bond donors (Lipinski definition) is 1. The van der Waals surface area contributed by atoms with Gasteiger partial charge in [0.05, 0.1) is 6.61 Å². The molecule has 1 amide bonds. The number of amides is 1. The number of nitrogens with one attached hydrogen (secondary N) is 1. The first kappa shape index (κ1) is 22.3. The fraction of sp³-hybridized carbons (Fsp3) is 0.636. The Balaban J connectivity index is 0.00000240. The number of guanidine groups is 1. The van der Waals surface area contributed by atoms with Crippen LogP contribution in [0.15, 0.2) is 29.3 Å². The Morgan fingerprint density at radius 3 is 2.52 bits per heavy atom. The quantitative estimate of drug-likeness (QED) is 0.384. The number of carbonyl (C=O) groups excluding carboxylic acids is 1. The Morgan fingerprint density at radius 2 is 1.86 bits per heavy atom. The molecule has 1 aromatic carbocycles. The van der Waals surface area contributed by atoms with Gasteiger partial charge in [-0.25, -0.2) is 0 Å². The third-order valence-electron chi connectivity index (χ3n) is 6.43. The predicted octanol–water partition coefficient (Wildman–Crippen LogP) is 3.12. The fourth-order valence-electron chi connectivity index (χ4n) is 4.65. The number of likely N-dealkylation sites (tertiary alicyclic amines) is 2. The minimum absolute atomic E-state index is 0. The molecular formula is C22H33IN4O2. The van der Waals surface area contributed by atoms with Crippen LogP contribution in [0.3, 0.4) is 0 Å². The molecule has 3 saturated heterocycles. The Morgan fingerprint density at radius 1 is 1.10 bits per heavy atom. The number of piperidine rings is 1. The van der Waals surface area contributed by atoms with Crippen LogP contribution < -0.4 is 5.32 Å². The molecule has 0 bridgehead atoms. The number of ether oxygens (including phenoxy) is 1. The molecule has 3 heterocycles. The molecule has 4 rings (SSSR count). The average molecular weight is 512 g/mol. The van der Waals surface area contributed by atoms with E-state index < -0.39 is 0 Å². The molecule has 3 aliphatic heterocycles. The molecule has 3 fully saturated rings. The van der Waals surface area contributed by atoms with E-state index in [1.165, 1.54) is 12.8 Å². The summed E-state index contributed by atoms with van der Waals surface area (Å²) in [5.41, 5.74) is 2.28. The van der Waals surface area contributed by atoms with E-state index in [4.69, 9.17) is 4.74 Å². The van der Waals surface area contributed by atoms with Gasteiger partial charge in [0.25, 0.3) is 5.91 Å². The first-order valence-electron chi connectivity index (χ1n) is 10.6. The maximum atomic E-state index is 12.6. The van der Waals surface area contributed by atoms with Gasteiger partial charge in [-0.05, 0) is 49.8 Å². The summed E-state index contributed by atoms with van der Waals surface area (Å²) in [6.07, 6.45) is 5.82. The molecule has 0 radical (unpaired) electrons. The van der Waals surface area contributed by atoms with Gasteiger partial charge in [-0.3, -0.25) is 9.79 Å². The summed E-state index contributed by atoms with van der Waals surface area (Å²) in [6, 6.07) is 8.01. The third-order valence-corrected chi connectivity index (χ3v) is 6.43. The number of aliphatic imine (C=N–C) groups is 1. The van der Waals surface area contributed by atoms with Crippen molar-refractivity contribution in [3.05, 3.63) is 35.4 Å². The second kappa shape index (κ2) is 10.1. The molecule has 1 atom stereocenters. The lowest BCUT2D eigenvalue weighted by Gasteiger charge is -2.27.